The van der Waals surface area contributed by atoms with E-state index in [1.807, 2.05) is 28.9 Å². The fourth-order valence-electron chi connectivity index (χ4n) is 6.42. The first kappa shape index (κ1) is 26.9. The molecule has 1 aliphatic carbocycles. The third-order valence-corrected chi connectivity index (χ3v) is 8.32. The summed E-state index contributed by atoms with van der Waals surface area (Å²) in [5.74, 6) is -0.485. The number of rotatable bonds is 7. The molecule has 4 fully saturated rings. The van der Waals surface area contributed by atoms with Crippen molar-refractivity contribution in [3.8, 4) is 6.07 Å². The van der Waals surface area contributed by atoms with Crippen LogP contribution in [0, 0.1) is 17.2 Å². The van der Waals surface area contributed by atoms with Crippen LogP contribution < -0.4 is 11.1 Å². The zero-order valence-corrected chi connectivity index (χ0v) is 22.8. The molecule has 39 heavy (non-hydrogen) atoms. The predicted octanol–water partition coefficient (Wildman–Crippen LogP) is 1.54. The Hall–Kier alpha value is -3.65. The molecule has 1 aromatic rings. The van der Waals surface area contributed by atoms with Gasteiger partial charge >= 0.3 is 6.09 Å². The maximum Gasteiger partial charge on any atom is 0.408 e. The Bertz CT molecular complexity index is 1220. The number of likely N-dealkylation sites (tertiary alicyclic amines) is 3. The van der Waals surface area contributed by atoms with Gasteiger partial charge in [-0.1, -0.05) is 12.1 Å². The minimum Gasteiger partial charge on any atom is -0.444 e. The van der Waals surface area contributed by atoms with Crippen molar-refractivity contribution in [3.05, 3.63) is 35.4 Å². The van der Waals surface area contributed by atoms with E-state index in [1.54, 1.807) is 37.8 Å². The molecule has 0 aromatic heterocycles. The molecule has 3 heterocycles. The molecule has 3 aliphatic heterocycles. The molecule has 0 spiro atoms. The number of hydrogen-bond acceptors (Lipinski definition) is 7. The number of alkyl carbamates (subject to hydrolysis) is 1. The van der Waals surface area contributed by atoms with Gasteiger partial charge in [-0.25, -0.2) is 4.79 Å². The average Bonchev–Trinajstić information content (AvgIpc) is 3.18. The number of piperazine rings is 1. The summed E-state index contributed by atoms with van der Waals surface area (Å²) in [5, 5.41) is 12.4. The van der Waals surface area contributed by atoms with Gasteiger partial charge in [0, 0.05) is 30.7 Å². The van der Waals surface area contributed by atoms with Crippen LogP contribution in [0.4, 0.5) is 4.79 Å². The molecule has 7 atom stereocenters. The SMILES string of the molecule is C[C@@H](c1ccc(C(N)=O)cc1)N1C(=O)[C@@H]2C[C@H]1CN2C[C@H](NC(=O)OC(C)(C)C)C(=O)N1[C@H](C#N)C[C@@H]2C[C@@H]21. The van der Waals surface area contributed by atoms with Gasteiger partial charge in [0.15, 0.2) is 0 Å². The standard InChI is InChI=1S/C28H36N6O5/c1-15(16-5-7-17(8-6-16)24(30)35)33-20-11-23(26(33)37)32(13-20)14-21(31-27(38)39-28(2,3)4)25(36)34-19(12-29)9-18-10-22(18)34/h5-8,15,18-23H,9-11,13-14H2,1-4H3,(H2,30,35)(H,31,38)/t15-,18+,19-,20-,21-,22-,23-/m0/s1. The number of nitrogens with one attached hydrogen (secondary N) is 1. The number of hydrogen-bond donors (Lipinski definition) is 2. The number of ether oxygens (including phenoxy) is 1. The van der Waals surface area contributed by atoms with E-state index in [9.17, 15) is 24.4 Å². The topological polar surface area (TPSA) is 149 Å². The minimum absolute atomic E-state index is 0.0282. The van der Waals surface area contributed by atoms with E-state index in [1.165, 1.54) is 0 Å². The number of nitriles is 1. The van der Waals surface area contributed by atoms with Crippen molar-refractivity contribution in [2.24, 2.45) is 11.7 Å². The van der Waals surface area contributed by atoms with E-state index in [2.05, 4.69) is 11.4 Å². The van der Waals surface area contributed by atoms with Crippen molar-refractivity contribution in [1.29, 1.82) is 5.26 Å². The van der Waals surface area contributed by atoms with Crippen molar-refractivity contribution < 1.29 is 23.9 Å². The highest BCUT2D eigenvalue weighted by Crippen LogP contribution is 2.48. The lowest BCUT2D eigenvalue weighted by Gasteiger charge is -2.39. The highest BCUT2D eigenvalue weighted by Gasteiger charge is 2.56. The summed E-state index contributed by atoms with van der Waals surface area (Å²) in [4.78, 5) is 56.8. The van der Waals surface area contributed by atoms with E-state index in [0.717, 1.165) is 12.0 Å². The smallest absolute Gasteiger partial charge is 0.408 e. The molecule has 5 rings (SSSR count). The van der Waals surface area contributed by atoms with Gasteiger partial charge in [0.1, 0.15) is 17.7 Å². The Labute approximate surface area is 228 Å². The van der Waals surface area contributed by atoms with Gasteiger partial charge < -0.3 is 25.6 Å². The van der Waals surface area contributed by atoms with E-state index in [-0.39, 0.29) is 36.5 Å². The zero-order valence-electron chi connectivity index (χ0n) is 22.8. The second-order valence-electron chi connectivity index (χ2n) is 12.2. The van der Waals surface area contributed by atoms with Crippen LogP contribution in [0.2, 0.25) is 0 Å². The van der Waals surface area contributed by atoms with Crippen LogP contribution in [0.15, 0.2) is 24.3 Å². The summed E-state index contributed by atoms with van der Waals surface area (Å²) in [7, 11) is 0. The van der Waals surface area contributed by atoms with E-state index < -0.39 is 35.7 Å². The number of piperidine rings is 1. The number of benzene rings is 1. The third-order valence-electron chi connectivity index (χ3n) is 8.32. The van der Waals surface area contributed by atoms with Crippen molar-refractivity contribution in [2.75, 3.05) is 13.1 Å². The van der Waals surface area contributed by atoms with Crippen LogP contribution in [0.1, 0.15) is 68.9 Å². The Morgan fingerprint density at radius 3 is 2.46 bits per heavy atom. The van der Waals surface area contributed by atoms with Gasteiger partial charge in [-0.2, -0.15) is 5.26 Å². The Morgan fingerprint density at radius 1 is 1.18 bits per heavy atom. The van der Waals surface area contributed by atoms with Crippen LogP contribution in [0.25, 0.3) is 0 Å². The number of amides is 4. The largest absolute Gasteiger partial charge is 0.444 e. The quantitative estimate of drug-likeness (QED) is 0.537. The van der Waals surface area contributed by atoms with Gasteiger partial charge in [-0.15, -0.1) is 0 Å². The molecule has 0 radical (unpaired) electrons. The number of carbonyl (C=O) groups excluding carboxylic acids is 4. The van der Waals surface area contributed by atoms with E-state index in [0.29, 0.717) is 30.9 Å². The molecule has 1 aromatic carbocycles. The first-order valence-electron chi connectivity index (χ1n) is 13.5. The molecular formula is C28H36N6O5. The summed E-state index contributed by atoms with van der Waals surface area (Å²) in [6, 6.07) is 7.15. The second-order valence-corrected chi connectivity index (χ2v) is 12.2. The molecule has 1 saturated carbocycles. The summed E-state index contributed by atoms with van der Waals surface area (Å²) < 4.78 is 5.43. The molecule has 11 heteroatoms. The van der Waals surface area contributed by atoms with Gasteiger partial charge in [-0.3, -0.25) is 19.3 Å². The lowest BCUT2D eigenvalue weighted by Crippen LogP contribution is -2.59. The minimum atomic E-state index is -0.936. The van der Waals surface area contributed by atoms with Crippen molar-refractivity contribution in [1.82, 2.24) is 20.0 Å². The fraction of sp³-hybridized carbons (Fsp3) is 0.607. The number of nitrogens with zero attached hydrogens (tertiary/aromatic N) is 4. The molecule has 11 nitrogen and oxygen atoms in total. The molecular weight excluding hydrogens is 500 g/mol. The van der Waals surface area contributed by atoms with Gasteiger partial charge in [0.2, 0.25) is 17.7 Å². The summed E-state index contributed by atoms with van der Waals surface area (Å²) in [5.41, 5.74) is 5.93. The first-order valence-corrected chi connectivity index (χ1v) is 13.5. The van der Waals surface area contributed by atoms with Crippen LogP contribution in [0.5, 0.6) is 0 Å². The predicted molar refractivity (Wildman–Crippen MR) is 140 cm³/mol. The van der Waals surface area contributed by atoms with Gasteiger partial charge in [0.05, 0.1) is 18.2 Å². The van der Waals surface area contributed by atoms with Crippen LogP contribution in [-0.4, -0.2) is 87.4 Å². The number of primary amides is 1. The Kier molecular flexibility index (Phi) is 6.79. The molecule has 208 valence electrons. The lowest BCUT2D eigenvalue weighted by atomic mass is 10.0. The third kappa shape index (κ3) is 5.17. The van der Waals surface area contributed by atoms with Crippen molar-refractivity contribution in [2.45, 2.75) is 88.8 Å². The second kappa shape index (κ2) is 9.83. The number of nitrogens with two attached hydrogens (primary N) is 1. The summed E-state index contributed by atoms with van der Waals surface area (Å²) in [6.07, 6.45) is 1.46. The highest BCUT2D eigenvalue weighted by atomic mass is 16.6. The number of carbonyl (C=O) groups is 4. The zero-order chi connectivity index (χ0) is 28.2. The molecule has 0 unspecified atom stereocenters. The molecule has 4 amide bonds. The lowest BCUT2D eigenvalue weighted by molar-refractivity contribution is -0.141. The normalized spacial score (nSPS) is 29.0. The maximum atomic E-state index is 13.7. The maximum absolute atomic E-state index is 13.7. The monoisotopic (exact) mass is 536 g/mol. The average molecular weight is 537 g/mol. The van der Waals surface area contributed by atoms with Crippen LogP contribution in [-0.2, 0) is 14.3 Å². The van der Waals surface area contributed by atoms with Gasteiger partial charge in [-0.05, 0) is 70.6 Å². The fourth-order valence-corrected chi connectivity index (χ4v) is 6.42. The van der Waals surface area contributed by atoms with E-state index >= 15 is 0 Å². The van der Waals surface area contributed by atoms with Crippen LogP contribution >= 0.6 is 0 Å². The molecule has 2 bridgehead atoms. The molecule has 3 N–H and O–H groups in total. The van der Waals surface area contributed by atoms with Crippen LogP contribution in [0.3, 0.4) is 0 Å². The summed E-state index contributed by atoms with van der Waals surface area (Å²) in [6.45, 7) is 7.93. The Morgan fingerprint density at radius 2 is 1.87 bits per heavy atom. The van der Waals surface area contributed by atoms with Crippen molar-refractivity contribution in [3.63, 3.8) is 0 Å². The van der Waals surface area contributed by atoms with Gasteiger partial charge in [0.25, 0.3) is 0 Å². The molecule has 4 aliphatic rings. The van der Waals surface area contributed by atoms with Crippen molar-refractivity contribution >= 4 is 23.8 Å². The van der Waals surface area contributed by atoms with E-state index in [4.69, 9.17) is 10.5 Å². The highest BCUT2D eigenvalue weighted by molar-refractivity contribution is 5.93. The first-order chi connectivity index (χ1) is 18.4. The number of fused-ring (bicyclic) bond motifs is 3. The Balaban J connectivity index is 1.30. The summed E-state index contributed by atoms with van der Waals surface area (Å²) >= 11 is 0. The molecule has 3 saturated heterocycles.